The van der Waals surface area contributed by atoms with Gasteiger partial charge in [0.1, 0.15) is 18.1 Å². The van der Waals surface area contributed by atoms with E-state index >= 15 is 0 Å². The van der Waals surface area contributed by atoms with Crippen molar-refractivity contribution >= 4 is 5.97 Å². The number of ether oxygens (including phenoxy) is 2. The number of phenolic OH excluding ortho intramolecular Hbond substituents is 1. The third-order valence-corrected chi connectivity index (χ3v) is 2.84. The van der Waals surface area contributed by atoms with Crippen LogP contribution in [0.15, 0.2) is 48.5 Å². The molecule has 0 unspecified atom stereocenters. The minimum atomic E-state index is -0.375. The number of hydrogen-bond acceptors (Lipinski definition) is 4. The molecule has 0 saturated carbocycles. The molecule has 0 atom stereocenters. The van der Waals surface area contributed by atoms with Crippen LogP contribution in [-0.2, 0) is 22.6 Å². The van der Waals surface area contributed by atoms with Gasteiger partial charge in [-0.25, -0.2) is 0 Å². The first-order chi connectivity index (χ1) is 9.69. The first kappa shape index (κ1) is 13.9. The van der Waals surface area contributed by atoms with Gasteiger partial charge in [0.25, 0.3) is 0 Å². The highest BCUT2D eigenvalue weighted by atomic mass is 16.5. The lowest BCUT2D eigenvalue weighted by molar-refractivity contribution is -0.139. The lowest BCUT2D eigenvalue weighted by atomic mass is 10.1. The van der Waals surface area contributed by atoms with Crippen molar-refractivity contribution < 1.29 is 19.4 Å². The van der Waals surface area contributed by atoms with E-state index in [2.05, 4.69) is 4.74 Å². The first-order valence-electron chi connectivity index (χ1n) is 6.24. The van der Waals surface area contributed by atoms with Crippen LogP contribution < -0.4 is 4.74 Å². The number of carbonyl (C=O) groups excluding carboxylic acids is 1. The molecule has 0 amide bonds. The zero-order valence-corrected chi connectivity index (χ0v) is 11.2. The standard InChI is InChI=1S/C16H16O4/c1-19-16(18)10-13-9-14(17)7-8-15(13)20-11-12-5-3-2-4-6-12/h2-9,17H,10-11H2,1H3. The van der Waals surface area contributed by atoms with E-state index in [9.17, 15) is 9.90 Å². The van der Waals surface area contributed by atoms with Gasteiger partial charge in [0.15, 0.2) is 0 Å². The minimum absolute atomic E-state index is 0.0645. The number of rotatable bonds is 5. The van der Waals surface area contributed by atoms with E-state index in [4.69, 9.17) is 4.74 Å². The molecule has 104 valence electrons. The summed E-state index contributed by atoms with van der Waals surface area (Å²) in [6.07, 6.45) is 0.0645. The van der Waals surface area contributed by atoms with Crippen molar-refractivity contribution in [2.75, 3.05) is 7.11 Å². The molecule has 0 spiro atoms. The normalized spacial score (nSPS) is 10.1. The fraction of sp³-hybridized carbons (Fsp3) is 0.188. The molecule has 4 heteroatoms. The molecule has 1 N–H and O–H groups in total. The van der Waals surface area contributed by atoms with Gasteiger partial charge in [-0.05, 0) is 23.8 Å². The summed E-state index contributed by atoms with van der Waals surface area (Å²) in [5.74, 6) is 0.285. The Kier molecular flexibility index (Phi) is 4.60. The summed E-state index contributed by atoms with van der Waals surface area (Å²) in [7, 11) is 1.33. The number of benzene rings is 2. The molecule has 0 aliphatic heterocycles. The van der Waals surface area contributed by atoms with E-state index in [0.29, 0.717) is 17.9 Å². The molecule has 0 saturated heterocycles. The molecule has 0 aliphatic rings. The number of hydrogen-bond donors (Lipinski definition) is 1. The summed E-state index contributed by atoms with van der Waals surface area (Å²) in [4.78, 5) is 11.4. The Morgan fingerprint density at radius 3 is 2.60 bits per heavy atom. The van der Waals surface area contributed by atoms with Crippen molar-refractivity contribution in [2.24, 2.45) is 0 Å². The van der Waals surface area contributed by atoms with Crippen molar-refractivity contribution in [1.82, 2.24) is 0 Å². The van der Waals surface area contributed by atoms with E-state index in [1.807, 2.05) is 30.3 Å². The summed E-state index contributed by atoms with van der Waals surface area (Å²) >= 11 is 0. The number of methoxy groups -OCH3 is 1. The highest BCUT2D eigenvalue weighted by Crippen LogP contribution is 2.25. The van der Waals surface area contributed by atoms with Crippen molar-refractivity contribution in [3.05, 3.63) is 59.7 Å². The van der Waals surface area contributed by atoms with Crippen molar-refractivity contribution in [3.63, 3.8) is 0 Å². The van der Waals surface area contributed by atoms with Gasteiger partial charge in [-0.15, -0.1) is 0 Å². The van der Waals surface area contributed by atoms with E-state index < -0.39 is 0 Å². The van der Waals surface area contributed by atoms with Gasteiger partial charge in [-0.2, -0.15) is 0 Å². The van der Waals surface area contributed by atoms with Gasteiger partial charge in [-0.1, -0.05) is 30.3 Å². The maximum absolute atomic E-state index is 11.4. The van der Waals surface area contributed by atoms with Gasteiger partial charge >= 0.3 is 5.97 Å². The Balaban J connectivity index is 2.12. The number of aromatic hydroxyl groups is 1. The second kappa shape index (κ2) is 6.61. The van der Waals surface area contributed by atoms with Gasteiger partial charge in [0.2, 0.25) is 0 Å². The highest BCUT2D eigenvalue weighted by Gasteiger charge is 2.10. The molecular weight excluding hydrogens is 256 g/mol. The summed E-state index contributed by atoms with van der Waals surface area (Å²) in [6, 6.07) is 14.4. The minimum Gasteiger partial charge on any atom is -0.508 e. The Labute approximate surface area is 117 Å². The predicted octanol–water partition coefficient (Wildman–Crippen LogP) is 2.69. The van der Waals surface area contributed by atoms with E-state index in [1.54, 1.807) is 6.07 Å². The topological polar surface area (TPSA) is 55.8 Å². The molecule has 4 nitrogen and oxygen atoms in total. The smallest absolute Gasteiger partial charge is 0.310 e. The van der Waals surface area contributed by atoms with Crippen LogP contribution in [0.3, 0.4) is 0 Å². The number of esters is 1. The molecular formula is C16H16O4. The predicted molar refractivity (Wildman–Crippen MR) is 74.6 cm³/mol. The fourth-order valence-corrected chi connectivity index (χ4v) is 1.81. The van der Waals surface area contributed by atoms with Gasteiger partial charge in [0, 0.05) is 5.56 Å². The van der Waals surface area contributed by atoms with Crippen LogP contribution in [0.1, 0.15) is 11.1 Å². The van der Waals surface area contributed by atoms with Crippen molar-refractivity contribution in [3.8, 4) is 11.5 Å². The fourth-order valence-electron chi connectivity index (χ4n) is 1.81. The molecule has 0 aliphatic carbocycles. The van der Waals surface area contributed by atoms with E-state index in [0.717, 1.165) is 5.56 Å². The summed E-state index contributed by atoms with van der Waals surface area (Å²) in [5.41, 5.74) is 1.64. The molecule has 20 heavy (non-hydrogen) atoms. The maximum Gasteiger partial charge on any atom is 0.310 e. The van der Waals surface area contributed by atoms with E-state index in [-0.39, 0.29) is 18.1 Å². The summed E-state index contributed by atoms with van der Waals surface area (Å²) < 4.78 is 10.3. The van der Waals surface area contributed by atoms with Crippen molar-refractivity contribution in [1.29, 1.82) is 0 Å². The SMILES string of the molecule is COC(=O)Cc1cc(O)ccc1OCc1ccccc1. The molecule has 2 aromatic carbocycles. The first-order valence-corrected chi connectivity index (χ1v) is 6.24. The largest absolute Gasteiger partial charge is 0.508 e. The maximum atomic E-state index is 11.4. The Morgan fingerprint density at radius 1 is 1.15 bits per heavy atom. The molecule has 2 rings (SSSR count). The second-order valence-corrected chi connectivity index (χ2v) is 4.32. The third-order valence-electron chi connectivity index (χ3n) is 2.84. The van der Waals surface area contributed by atoms with Crippen molar-refractivity contribution in [2.45, 2.75) is 13.0 Å². The average Bonchev–Trinajstić information content (AvgIpc) is 2.47. The van der Waals surface area contributed by atoms with Crippen LogP contribution in [0.25, 0.3) is 0 Å². The molecule has 0 fully saturated rings. The second-order valence-electron chi connectivity index (χ2n) is 4.32. The number of carbonyl (C=O) groups is 1. The molecule has 0 radical (unpaired) electrons. The van der Waals surface area contributed by atoms with Crippen LogP contribution in [0.4, 0.5) is 0 Å². The average molecular weight is 272 g/mol. The van der Waals surface area contributed by atoms with E-state index in [1.165, 1.54) is 19.2 Å². The molecule has 0 aromatic heterocycles. The van der Waals surface area contributed by atoms with Crippen LogP contribution in [-0.4, -0.2) is 18.2 Å². The van der Waals surface area contributed by atoms with Crippen LogP contribution >= 0.6 is 0 Å². The summed E-state index contributed by atoms with van der Waals surface area (Å²) in [5, 5.41) is 9.50. The number of phenols is 1. The van der Waals surface area contributed by atoms with Crippen LogP contribution in [0, 0.1) is 0 Å². The van der Waals surface area contributed by atoms with Gasteiger partial charge < -0.3 is 14.6 Å². The lowest BCUT2D eigenvalue weighted by Gasteiger charge is -2.11. The Bertz CT molecular complexity index is 578. The zero-order valence-electron chi connectivity index (χ0n) is 11.2. The van der Waals surface area contributed by atoms with Gasteiger partial charge in [-0.3, -0.25) is 4.79 Å². The lowest BCUT2D eigenvalue weighted by Crippen LogP contribution is -2.06. The highest BCUT2D eigenvalue weighted by molar-refractivity contribution is 5.73. The molecule has 0 heterocycles. The van der Waals surface area contributed by atoms with Crippen LogP contribution in [0.5, 0.6) is 11.5 Å². The monoisotopic (exact) mass is 272 g/mol. The molecule has 0 bridgehead atoms. The quantitative estimate of drug-likeness (QED) is 0.850. The summed E-state index contributed by atoms with van der Waals surface area (Å²) in [6.45, 7) is 0.403. The Morgan fingerprint density at radius 2 is 1.90 bits per heavy atom. The zero-order chi connectivity index (χ0) is 14.4. The van der Waals surface area contributed by atoms with Crippen LogP contribution in [0.2, 0.25) is 0 Å². The van der Waals surface area contributed by atoms with Gasteiger partial charge in [0.05, 0.1) is 13.5 Å². The molecule has 2 aromatic rings. The third kappa shape index (κ3) is 3.75. The Hall–Kier alpha value is -2.49.